The molecule has 1 aromatic rings. The minimum Gasteiger partial charge on any atom is -0.384 e. The Hall–Kier alpha value is -1.37. The number of aliphatic hydroxyl groups is 1. The fourth-order valence-corrected chi connectivity index (χ4v) is 2.88. The summed E-state index contributed by atoms with van der Waals surface area (Å²) in [6.45, 7) is 3.56. The second kappa shape index (κ2) is 7.42. The predicted octanol–water partition coefficient (Wildman–Crippen LogP) is 2.93. The fourth-order valence-electron chi connectivity index (χ4n) is 2.88. The van der Waals surface area contributed by atoms with Gasteiger partial charge in [-0.15, -0.1) is 0 Å². The molecule has 2 rings (SSSR count). The highest BCUT2D eigenvalue weighted by molar-refractivity contribution is 5.37. The molecule has 1 saturated carbocycles. The number of aliphatic hydroxyl groups excluding tert-OH is 1. The first kappa shape index (κ1) is 15.0. The maximum atomic E-state index is 14.1. The number of nitrogens with zero attached hydrogens (tertiary/aromatic N) is 1. The fraction of sp³-hybridized carbons (Fsp3) is 0.529. The first-order valence-electron chi connectivity index (χ1n) is 7.36. The largest absolute Gasteiger partial charge is 0.384 e. The van der Waals surface area contributed by atoms with Gasteiger partial charge in [-0.1, -0.05) is 37.7 Å². The van der Waals surface area contributed by atoms with E-state index < -0.39 is 0 Å². The summed E-state index contributed by atoms with van der Waals surface area (Å²) in [5.41, 5.74) is 1.34. The van der Waals surface area contributed by atoms with Crippen LogP contribution in [0.2, 0.25) is 0 Å². The molecule has 1 aliphatic rings. The molecule has 0 spiro atoms. The van der Waals surface area contributed by atoms with E-state index >= 15 is 0 Å². The van der Waals surface area contributed by atoms with E-state index in [-0.39, 0.29) is 12.4 Å². The van der Waals surface area contributed by atoms with Crippen molar-refractivity contribution in [1.82, 2.24) is 4.90 Å². The van der Waals surface area contributed by atoms with E-state index in [1.54, 1.807) is 0 Å². The third kappa shape index (κ3) is 3.82. The molecule has 0 atom stereocenters. The van der Waals surface area contributed by atoms with Gasteiger partial charge >= 0.3 is 0 Å². The van der Waals surface area contributed by atoms with Crippen LogP contribution in [0.15, 0.2) is 18.2 Å². The average molecular weight is 275 g/mol. The summed E-state index contributed by atoms with van der Waals surface area (Å²) in [5.74, 6) is 5.06. The summed E-state index contributed by atoms with van der Waals surface area (Å²) < 4.78 is 14.1. The minimum absolute atomic E-state index is 0.200. The molecule has 0 heterocycles. The van der Waals surface area contributed by atoms with E-state index in [0.717, 1.165) is 12.1 Å². The second-order valence-corrected chi connectivity index (χ2v) is 5.27. The van der Waals surface area contributed by atoms with Gasteiger partial charge in [-0.3, -0.25) is 4.90 Å². The maximum absolute atomic E-state index is 14.1. The molecule has 0 aliphatic heterocycles. The normalized spacial score (nSPS) is 15.4. The third-order valence-electron chi connectivity index (χ3n) is 3.99. The van der Waals surface area contributed by atoms with E-state index in [9.17, 15) is 4.39 Å². The molecule has 0 unspecified atom stereocenters. The Morgan fingerprint density at radius 3 is 2.70 bits per heavy atom. The van der Waals surface area contributed by atoms with Crippen molar-refractivity contribution in [3.63, 3.8) is 0 Å². The topological polar surface area (TPSA) is 23.5 Å². The standard InChI is InChI=1S/C17H22FNO/c1-2-19(16-7-3-4-8-16)13-15-10-9-14(6-5-11-20)12-17(15)18/h9-10,12,16,20H,2-4,7-8,11,13H2,1H3. The molecule has 0 bridgehead atoms. The van der Waals surface area contributed by atoms with Gasteiger partial charge in [0.2, 0.25) is 0 Å². The van der Waals surface area contributed by atoms with Crippen LogP contribution in [0.25, 0.3) is 0 Å². The number of hydrogen-bond acceptors (Lipinski definition) is 2. The molecule has 0 aromatic heterocycles. The number of halogens is 1. The Bertz CT molecular complexity index is 497. The van der Waals surface area contributed by atoms with Crippen LogP contribution >= 0.6 is 0 Å². The van der Waals surface area contributed by atoms with E-state index in [4.69, 9.17) is 5.11 Å². The zero-order chi connectivity index (χ0) is 14.4. The van der Waals surface area contributed by atoms with Gasteiger partial charge in [0.25, 0.3) is 0 Å². The number of rotatable bonds is 4. The molecule has 0 saturated heterocycles. The molecular formula is C17H22FNO. The summed E-state index contributed by atoms with van der Waals surface area (Å²) in [7, 11) is 0. The summed E-state index contributed by atoms with van der Waals surface area (Å²) in [6.07, 6.45) is 5.05. The van der Waals surface area contributed by atoms with Gasteiger partial charge in [0.15, 0.2) is 0 Å². The van der Waals surface area contributed by atoms with Gasteiger partial charge in [-0.05, 0) is 31.5 Å². The highest BCUT2D eigenvalue weighted by atomic mass is 19.1. The Labute approximate surface area is 120 Å². The molecule has 3 heteroatoms. The van der Waals surface area contributed by atoms with Gasteiger partial charge in [0, 0.05) is 23.7 Å². The van der Waals surface area contributed by atoms with Gasteiger partial charge in [-0.25, -0.2) is 4.39 Å². The molecule has 0 amide bonds. The van der Waals surface area contributed by atoms with Crippen LogP contribution in [-0.2, 0) is 6.54 Å². The predicted molar refractivity (Wildman–Crippen MR) is 78.7 cm³/mol. The second-order valence-electron chi connectivity index (χ2n) is 5.27. The Kier molecular flexibility index (Phi) is 5.58. The molecule has 2 nitrogen and oxygen atoms in total. The SMILES string of the molecule is CCN(Cc1ccc(C#CCO)cc1F)C1CCCC1. The van der Waals surface area contributed by atoms with Crippen LogP contribution in [0.5, 0.6) is 0 Å². The molecule has 20 heavy (non-hydrogen) atoms. The van der Waals surface area contributed by atoms with Crippen molar-refractivity contribution in [2.75, 3.05) is 13.2 Å². The van der Waals surface area contributed by atoms with E-state index in [2.05, 4.69) is 23.7 Å². The van der Waals surface area contributed by atoms with Crippen molar-refractivity contribution in [1.29, 1.82) is 0 Å². The van der Waals surface area contributed by atoms with Gasteiger partial charge in [0.1, 0.15) is 12.4 Å². The monoisotopic (exact) mass is 275 g/mol. The maximum Gasteiger partial charge on any atom is 0.128 e. The zero-order valence-corrected chi connectivity index (χ0v) is 12.0. The Balaban J connectivity index is 2.08. The molecule has 108 valence electrons. The van der Waals surface area contributed by atoms with E-state index in [0.29, 0.717) is 18.2 Å². The summed E-state index contributed by atoms with van der Waals surface area (Å²) >= 11 is 0. The van der Waals surface area contributed by atoms with Gasteiger partial charge in [0.05, 0.1) is 0 Å². The van der Waals surface area contributed by atoms with Crippen molar-refractivity contribution in [3.8, 4) is 11.8 Å². The highest BCUT2D eigenvalue weighted by Gasteiger charge is 2.22. The van der Waals surface area contributed by atoms with Crippen LogP contribution in [0, 0.1) is 17.7 Å². The average Bonchev–Trinajstić information content (AvgIpc) is 2.98. The lowest BCUT2D eigenvalue weighted by Gasteiger charge is -2.27. The molecule has 0 radical (unpaired) electrons. The smallest absolute Gasteiger partial charge is 0.128 e. The van der Waals surface area contributed by atoms with Crippen LogP contribution < -0.4 is 0 Å². The summed E-state index contributed by atoms with van der Waals surface area (Å²) in [6, 6.07) is 5.70. The van der Waals surface area contributed by atoms with Crippen molar-refractivity contribution in [2.45, 2.75) is 45.2 Å². The molecule has 1 N–H and O–H groups in total. The summed E-state index contributed by atoms with van der Waals surface area (Å²) in [4.78, 5) is 2.37. The number of benzene rings is 1. The van der Waals surface area contributed by atoms with Crippen LogP contribution in [0.4, 0.5) is 4.39 Å². The van der Waals surface area contributed by atoms with Crippen molar-refractivity contribution in [2.24, 2.45) is 0 Å². The lowest BCUT2D eigenvalue weighted by Crippen LogP contribution is -2.32. The van der Waals surface area contributed by atoms with Crippen molar-refractivity contribution in [3.05, 3.63) is 35.1 Å². The van der Waals surface area contributed by atoms with Gasteiger partial charge in [-0.2, -0.15) is 0 Å². The first-order valence-corrected chi connectivity index (χ1v) is 7.36. The zero-order valence-electron chi connectivity index (χ0n) is 12.0. The molecule has 1 fully saturated rings. The van der Waals surface area contributed by atoms with Crippen LogP contribution in [-0.4, -0.2) is 29.2 Å². The number of hydrogen-bond donors (Lipinski definition) is 1. The van der Waals surface area contributed by atoms with E-state index in [1.807, 2.05) is 12.1 Å². The molecule has 1 aliphatic carbocycles. The Morgan fingerprint density at radius 1 is 1.35 bits per heavy atom. The van der Waals surface area contributed by atoms with Crippen LogP contribution in [0.1, 0.15) is 43.7 Å². The molecule has 1 aromatic carbocycles. The summed E-state index contributed by atoms with van der Waals surface area (Å²) in [5, 5.41) is 8.65. The lowest BCUT2D eigenvalue weighted by molar-refractivity contribution is 0.198. The molecular weight excluding hydrogens is 253 g/mol. The van der Waals surface area contributed by atoms with Crippen molar-refractivity contribution < 1.29 is 9.50 Å². The highest BCUT2D eigenvalue weighted by Crippen LogP contribution is 2.25. The van der Waals surface area contributed by atoms with Crippen LogP contribution in [0.3, 0.4) is 0 Å². The lowest BCUT2D eigenvalue weighted by atomic mass is 10.1. The minimum atomic E-state index is -0.203. The third-order valence-corrected chi connectivity index (χ3v) is 3.99. The van der Waals surface area contributed by atoms with E-state index in [1.165, 1.54) is 31.7 Å². The first-order chi connectivity index (χ1) is 9.74. The van der Waals surface area contributed by atoms with Gasteiger partial charge < -0.3 is 5.11 Å². The van der Waals surface area contributed by atoms with Crippen molar-refractivity contribution >= 4 is 0 Å². The Morgan fingerprint density at radius 2 is 2.10 bits per heavy atom. The quantitative estimate of drug-likeness (QED) is 0.854.